The lowest BCUT2D eigenvalue weighted by Gasteiger charge is -2.19. The first-order valence-electron chi connectivity index (χ1n) is 11.3. The minimum Gasteiger partial charge on any atom is -0.273 e. The minimum absolute atomic E-state index is 0.798. The molecule has 0 N–H and O–H groups in total. The lowest BCUT2D eigenvalue weighted by Crippen LogP contribution is -2.13. The Kier molecular flexibility index (Phi) is 6.20. The zero-order valence-electron chi connectivity index (χ0n) is 20.3. The summed E-state index contributed by atoms with van der Waals surface area (Å²) in [7, 11) is 0. The van der Waals surface area contributed by atoms with Crippen LogP contribution in [0, 0.1) is 41.5 Å². The number of anilines is 2. The van der Waals surface area contributed by atoms with Gasteiger partial charge in [-0.1, -0.05) is 59.7 Å². The van der Waals surface area contributed by atoms with Gasteiger partial charge in [0.15, 0.2) is 0 Å². The smallest absolute Gasteiger partial charge is 0.273 e. The third-order valence-electron chi connectivity index (χ3n) is 6.27. The van der Waals surface area contributed by atoms with Gasteiger partial charge in [-0.05, 0) is 110 Å². The molecular weight excluding hydrogens is 402 g/mol. The van der Waals surface area contributed by atoms with Gasteiger partial charge < -0.3 is 0 Å². The maximum absolute atomic E-state index is 11.9. The Bertz CT molecular complexity index is 1170. The Labute approximate surface area is 197 Å². The average molecular weight is 433 g/mol. The van der Waals surface area contributed by atoms with Crippen LogP contribution in [0.3, 0.4) is 0 Å². The van der Waals surface area contributed by atoms with Crippen molar-refractivity contribution >= 4 is 17.8 Å². The molecule has 2 heteroatoms. The molecule has 0 saturated carbocycles. The van der Waals surface area contributed by atoms with E-state index in [1.807, 2.05) is 24.3 Å². The van der Waals surface area contributed by atoms with Gasteiger partial charge in [0, 0.05) is 11.4 Å². The summed E-state index contributed by atoms with van der Waals surface area (Å²) in [5.41, 5.74) is 14.0. The van der Waals surface area contributed by atoms with Crippen molar-refractivity contribution in [1.82, 2.24) is 0 Å². The van der Waals surface area contributed by atoms with Crippen LogP contribution in [-0.4, -0.2) is 6.41 Å². The lowest BCUT2D eigenvalue weighted by atomic mass is 9.93. The van der Waals surface area contributed by atoms with Crippen molar-refractivity contribution in [2.75, 3.05) is 4.90 Å². The second-order valence-electron chi connectivity index (χ2n) is 9.07. The fraction of sp³-hybridized carbons (Fsp3) is 0.194. The summed E-state index contributed by atoms with van der Waals surface area (Å²) in [5, 5.41) is 0. The number of hydrogen-bond acceptors (Lipinski definition) is 1. The fourth-order valence-electron chi connectivity index (χ4n) is 5.08. The molecule has 0 aliphatic rings. The normalized spacial score (nSPS) is 10.8. The maximum Gasteiger partial charge on any atom is 0.321 e. The van der Waals surface area contributed by atoms with E-state index in [-0.39, 0.29) is 0 Å². The van der Waals surface area contributed by atoms with Crippen LogP contribution in [0.25, 0.3) is 22.3 Å². The Balaban J connectivity index is 1.64. The molecule has 0 saturated heterocycles. The zero-order chi connectivity index (χ0) is 23.7. The van der Waals surface area contributed by atoms with Crippen molar-refractivity contribution < 1.29 is 4.79 Å². The zero-order valence-corrected chi connectivity index (χ0v) is 20.3. The Hall–Kier alpha value is -3.65. The Morgan fingerprint density at radius 1 is 0.515 bits per heavy atom. The van der Waals surface area contributed by atoms with Gasteiger partial charge >= 0.3 is 6.41 Å². The summed E-state index contributed by atoms with van der Waals surface area (Å²) in [6.45, 7) is 12.8. The predicted molar refractivity (Wildman–Crippen MR) is 140 cm³/mol. The van der Waals surface area contributed by atoms with Crippen molar-refractivity contribution in [1.29, 1.82) is 0 Å². The highest BCUT2D eigenvalue weighted by Crippen LogP contribution is 2.33. The molecule has 0 bridgehead atoms. The van der Waals surface area contributed by atoms with Crippen molar-refractivity contribution in [3.63, 3.8) is 0 Å². The summed E-state index contributed by atoms with van der Waals surface area (Å²) in [6.07, 6.45) is 2.10. The minimum atomic E-state index is 0.798. The first-order chi connectivity index (χ1) is 15.8. The van der Waals surface area contributed by atoms with Crippen LogP contribution in [0.1, 0.15) is 33.4 Å². The van der Waals surface area contributed by atoms with E-state index in [1.165, 1.54) is 44.5 Å². The molecule has 0 heterocycles. The molecule has 0 aliphatic heterocycles. The first-order valence-corrected chi connectivity index (χ1v) is 11.3. The van der Waals surface area contributed by atoms with Gasteiger partial charge in [0.25, 0.3) is 0 Å². The SMILES string of the molecule is Cc1cc(C)c(-c2ccc(N([C]=O)c3ccc(-c4c(C)cc(C)cc4C)cc3)cc2)c(C)c1. The molecule has 1 radical (unpaired) electrons. The lowest BCUT2D eigenvalue weighted by molar-refractivity contribution is 0.556. The van der Waals surface area contributed by atoms with Crippen LogP contribution in [0.5, 0.6) is 0 Å². The highest BCUT2D eigenvalue weighted by atomic mass is 16.1. The van der Waals surface area contributed by atoms with Crippen LogP contribution in [-0.2, 0) is 4.79 Å². The van der Waals surface area contributed by atoms with Gasteiger partial charge in [-0.25, -0.2) is 0 Å². The molecule has 0 fully saturated rings. The molecule has 4 aromatic carbocycles. The topological polar surface area (TPSA) is 20.3 Å². The standard InChI is InChI=1S/C31H30NO/c1-20-15-22(3)30(23(4)16-20)26-7-11-28(12-8-26)32(19-33)29-13-9-27(10-14-29)31-24(5)17-21(2)18-25(31)6/h7-18H,1-6H3. The quantitative estimate of drug-likeness (QED) is 0.292. The largest absolute Gasteiger partial charge is 0.321 e. The van der Waals surface area contributed by atoms with Crippen molar-refractivity contribution in [2.45, 2.75) is 41.5 Å². The number of hydrogen-bond donors (Lipinski definition) is 0. The van der Waals surface area contributed by atoms with Crippen molar-refractivity contribution in [3.05, 3.63) is 106 Å². The monoisotopic (exact) mass is 432 g/mol. The number of benzene rings is 4. The summed E-state index contributed by atoms with van der Waals surface area (Å²) >= 11 is 0. The molecule has 33 heavy (non-hydrogen) atoms. The predicted octanol–water partition coefficient (Wildman–Crippen LogP) is 8.08. The molecule has 0 spiro atoms. The molecule has 165 valence electrons. The summed E-state index contributed by atoms with van der Waals surface area (Å²) in [5.74, 6) is 0. The van der Waals surface area contributed by atoms with E-state index in [1.54, 1.807) is 4.90 Å². The van der Waals surface area contributed by atoms with E-state index in [0.717, 1.165) is 22.5 Å². The third-order valence-corrected chi connectivity index (χ3v) is 6.27. The number of rotatable bonds is 5. The van der Waals surface area contributed by atoms with Crippen LogP contribution in [0.15, 0.2) is 72.8 Å². The molecule has 4 rings (SSSR count). The molecule has 4 aromatic rings. The molecule has 2 nitrogen and oxygen atoms in total. The summed E-state index contributed by atoms with van der Waals surface area (Å²) < 4.78 is 0. The van der Waals surface area contributed by atoms with E-state index in [2.05, 4.69) is 96.5 Å². The maximum atomic E-state index is 11.9. The van der Waals surface area contributed by atoms with Gasteiger partial charge in [-0.2, -0.15) is 0 Å². The first kappa shape index (κ1) is 22.5. The van der Waals surface area contributed by atoms with E-state index in [0.29, 0.717) is 0 Å². The summed E-state index contributed by atoms with van der Waals surface area (Å²) in [4.78, 5) is 13.5. The Morgan fingerprint density at radius 2 is 0.818 bits per heavy atom. The van der Waals surface area contributed by atoms with Crippen molar-refractivity contribution in [3.8, 4) is 22.3 Å². The van der Waals surface area contributed by atoms with Gasteiger partial charge in [0.05, 0.1) is 0 Å². The number of carbonyl (C=O) groups excluding carboxylic acids is 1. The van der Waals surface area contributed by atoms with E-state index >= 15 is 0 Å². The average Bonchev–Trinajstić information content (AvgIpc) is 2.75. The van der Waals surface area contributed by atoms with Gasteiger partial charge in [-0.3, -0.25) is 9.69 Å². The van der Waals surface area contributed by atoms with Gasteiger partial charge in [0.2, 0.25) is 0 Å². The second-order valence-corrected chi connectivity index (χ2v) is 9.07. The van der Waals surface area contributed by atoms with Crippen LogP contribution < -0.4 is 4.90 Å². The Morgan fingerprint density at radius 3 is 1.09 bits per heavy atom. The molecule has 0 unspecified atom stereocenters. The van der Waals surface area contributed by atoms with Gasteiger partial charge in [-0.15, -0.1) is 0 Å². The number of aryl methyl sites for hydroxylation is 6. The van der Waals surface area contributed by atoms with E-state index in [9.17, 15) is 4.79 Å². The molecule has 0 aliphatic carbocycles. The number of nitrogens with zero attached hydrogens (tertiary/aromatic N) is 1. The summed E-state index contributed by atoms with van der Waals surface area (Å²) in [6, 6.07) is 25.1. The van der Waals surface area contributed by atoms with Gasteiger partial charge in [0.1, 0.15) is 0 Å². The fourth-order valence-corrected chi connectivity index (χ4v) is 5.08. The molecule has 0 aromatic heterocycles. The van der Waals surface area contributed by atoms with Crippen LogP contribution in [0.4, 0.5) is 11.4 Å². The van der Waals surface area contributed by atoms with Crippen LogP contribution >= 0.6 is 0 Å². The van der Waals surface area contributed by atoms with E-state index in [4.69, 9.17) is 0 Å². The molecule has 0 atom stereocenters. The highest BCUT2D eigenvalue weighted by molar-refractivity contribution is 5.88. The second kappa shape index (κ2) is 9.07. The van der Waals surface area contributed by atoms with Crippen molar-refractivity contribution in [2.24, 2.45) is 0 Å². The van der Waals surface area contributed by atoms with E-state index < -0.39 is 0 Å². The van der Waals surface area contributed by atoms with Crippen LogP contribution in [0.2, 0.25) is 0 Å². The highest BCUT2D eigenvalue weighted by Gasteiger charge is 2.13. The molecular formula is C31H30NO. The number of amides is 1. The molecule has 1 amide bonds. The third kappa shape index (κ3) is 4.47.